The van der Waals surface area contributed by atoms with E-state index in [2.05, 4.69) is 16.9 Å². The fraction of sp³-hybridized carbons (Fsp3) is 0.238. The largest absolute Gasteiger partial charge is 0.509 e. The quantitative estimate of drug-likeness (QED) is 0.628. The summed E-state index contributed by atoms with van der Waals surface area (Å²) in [6, 6.07) is 17.3. The van der Waals surface area contributed by atoms with E-state index in [0.29, 0.717) is 17.2 Å². The normalized spacial score (nSPS) is 17.5. The van der Waals surface area contributed by atoms with Crippen LogP contribution in [0.3, 0.4) is 0 Å². The molecule has 1 aliphatic heterocycles. The standard InChI is InChI=1S/C21H22N4O/c1-2-3-13-25-18(14-9-5-4-6-10-14)19(26)17(20(25)22)21-23-15-11-7-8-12-16(15)24-21/h4-12,18,22,26H,2-3,13H2,1H3,(H,23,24)/t18-/m1/s1. The minimum absolute atomic E-state index is 0.191. The van der Waals surface area contributed by atoms with Crippen LogP contribution in [0.4, 0.5) is 0 Å². The van der Waals surface area contributed by atoms with Gasteiger partial charge in [0.05, 0.1) is 16.6 Å². The molecule has 0 saturated heterocycles. The molecule has 0 radical (unpaired) electrons. The van der Waals surface area contributed by atoms with Gasteiger partial charge in [-0.3, -0.25) is 5.41 Å². The molecule has 0 spiro atoms. The summed E-state index contributed by atoms with van der Waals surface area (Å²) in [5, 5.41) is 19.8. The molecule has 0 amide bonds. The Balaban J connectivity index is 1.81. The predicted octanol–water partition coefficient (Wildman–Crippen LogP) is 4.67. The number of aromatic nitrogens is 2. The zero-order valence-corrected chi connectivity index (χ0v) is 14.7. The number of aromatic amines is 1. The number of amidine groups is 1. The molecule has 3 aromatic rings. The lowest BCUT2D eigenvalue weighted by Crippen LogP contribution is -2.30. The first kappa shape index (κ1) is 16.4. The van der Waals surface area contributed by atoms with E-state index in [1.807, 2.05) is 59.5 Å². The molecule has 0 saturated carbocycles. The number of imidazole rings is 1. The number of aliphatic hydroxyl groups is 1. The summed E-state index contributed by atoms with van der Waals surface area (Å²) in [4.78, 5) is 9.82. The molecular formula is C21H22N4O. The lowest BCUT2D eigenvalue weighted by atomic mass is 10.0. The lowest BCUT2D eigenvalue weighted by molar-refractivity contribution is 0.272. The molecule has 0 unspecified atom stereocenters. The zero-order chi connectivity index (χ0) is 18.1. The molecule has 26 heavy (non-hydrogen) atoms. The van der Waals surface area contributed by atoms with E-state index in [1.54, 1.807) is 0 Å². The van der Waals surface area contributed by atoms with Crippen LogP contribution >= 0.6 is 0 Å². The molecule has 132 valence electrons. The maximum Gasteiger partial charge on any atom is 0.145 e. The van der Waals surface area contributed by atoms with Crippen molar-refractivity contribution >= 4 is 22.4 Å². The smallest absolute Gasteiger partial charge is 0.145 e. The van der Waals surface area contributed by atoms with Crippen LogP contribution in [0.25, 0.3) is 16.6 Å². The van der Waals surface area contributed by atoms with Crippen molar-refractivity contribution in [3.05, 3.63) is 71.7 Å². The van der Waals surface area contributed by atoms with Crippen molar-refractivity contribution in [2.45, 2.75) is 25.8 Å². The number of rotatable bonds is 5. The third-order valence-electron chi connectivity index (χ3n) is 4.84. The van der Waals surface area contributed by atoms with Crippen LogP contribution in [0.1, 0.15) is 37.2 Å². The van der Waals surface area contributed by atoms with E-state index in [9.17, 15) is 5.11 Å². The van der Waals surface area contributed by atoms with Crippen molar-refractivity contribution in [2.75, 3.05) is 6.54 Å². The first-order valence-electron chi connectivity index (χ1n) is 8.99. The highest BCUT2D eigenvalue weighted by Gasteiger charge is 2.39. The first-order valence-corrected chi connectivity index (χ1v) is 8.99. The second-order valence-corrected chi connectivity index (χ2v) is 6.57. The Kier molecular flexibility index (Phi) is 4.21. The van der Waals surface area contributed by atoms with Gasteiger partial charge in [0.25, 0.3) is 0 Å². The summed E-state index contributed by atoms with van der Waals surface area (Å²) >= 11 is 0. The number of para-hydroxylation sites is 2. The first-order chi connectivity index (χ1) is 12.7. The molecule has 0 aliphatic carbocycles. The molecule has 0 fully saturated rings. The number of nitrogens with zero attached hydrogens (tertiary/aromatic N) is 2. The Morgan fingerprint density at radius 1 is 1.12 bits per heavy atom. The van der Waals surface area contributed by atoms with E-state index >= 15 is 0 Å². The molecule has 3 N–H and O–H groups in total. The van der Waals surface area contributed by atoms with Crippen molar-refractivity contribution in [3.63, 3.8) is 0 Å². The molecular weight excluding hydrogens is 324 g/mol. The Morgan fingerprint density at radius 3 is 2.58 bits per heavy atom. The summed E-state index contributed by atoms with van der Waals surface area (Å²) in [5.74, 6) is 1.06. The molecule has 4 rings (SSSR count). The fourth-order valence-corrected chi connectivity index (χ4v) is 3.53. The highest BCUT2D eigenvalue weighted by molar-refractivity contribution is 6.23. The van der Waals surface area contributed by atoms with Gasteiger partial charge < -0.3 is 15.0 Å². The van der Waals surface area contributed by atoms with Gasteiger partial charge in [0.2, 0.25) is 0 Å². The van der Waals surface area contributed by atoms with Crippen LogP contribution < -0.4 is 0 Å². The Hall–Kier alpha value is -3.08. The van der Waals surface area contributed by atoms with Gasteiger partial charge in [0, 0.05) is 6.54 Å². The van der Waals surface area contributed by atoms with Gasteiger partial charge in [0.15, 0.2) is 0 Å². The molecule has 2 heterocycles. The minimum Gasteiger partial charge on any atom is -0.509 e. The Bertz CT molecular complexity index is 941. The summed E-state index contributed by atoms with van der Waals surface area (Å²) in [7, 11) is 0. The summed E-state index contributed by atoms with van der Waals surface area (Å²) in [6.07, 6.45) is 2.00. The van der Waals surface area contributed by atoms with Gasteiger partial charge in [-0.15, -0.1) is 0 Å². The van der Waals surface area contributed by atoms with E-state index in [-0.39, 0.29) is 11.8 Å². The van der Waals surface area contributed by atoms with Crippen LogP contribution in [-0.2, 0) is 0 Å². The van der Waals surface area contributed by atoms with Crippen LogP contribution in [0.2, 0.25) is 0 Å². The number of hydrogen-bond acceptors (Lipinski definition) is 3. The molecule has 0 bridgehead atoms. The number of H-pyrrole nitrogens is 1. The molecule has 1 aliphatic rings. The van der Waals surface area contributed by atoms with Crippen LogP contribution in [-0.4, -0.2) is 32.4 Å². The van der Waals surface area contributed by atoms with E-state index in [0.717, 1.165) is 36.0 Å². The molecule has 1 aromatic heterocycles. The highest BCUT2D eigenvalue weighted by atomic mass is 16.3. The number of fused-ring (bicyclic) bond motifs is 1. The second kappa shape index (κ2) is 6.67. The van der Waals surface area contributed by atoms with Crippen LogP contribution in [0.15, 0.2) is 60.4 Å². The van der Waals surface area contributed by atoms with Gasteiger partial charge in [-0.05, 0) is 24.1 Å². The second-order valence-electron chi connectivity index (χ2n) is 6.57. The number of benzene rings is 2. The average molecular weight is 346 g/mol. The monoisotopic (exact) mass is 346 g/mol. The number of hydrogen-bond donors (Lipinski definition) is 3. The number of unbranched alkanes of at least 4 members (excludes halogenated alkanes) is 1. The van der Waals surface area contributed by atoms with E-state index < -0.39 is 0 Å². The number of nitrogens with one attached hydrogen (secondary N) is 2. The van der Waals surface area contributed by atoms with Crippen molar-refractivity contribution in [1.29, 1.82) is 5.41 Å². The molecule has 5 nitrogen and oxygen atoms in total. The third kappa shape index (κ3) is 2.65. The highest BCUT2D eigenvalue weighted by Crippen LogP contribution is 2.40. The van der Waals surface area contributed by atoms with Gasteiger partial charge in [-0.2, -0.15) is 0 Å². The third-order valence-corrected chi connectivity index (χ3v) is 4.84. The SMILES string of the molecule is CCCCN1C(=N)C(c2nc3ccccc3[nH]2)=C(O)[C@H]1c1ccccc1. The fourth-order valence-electron chi connectivity index (χ4n) is 3.53. The molecule has 2 aromatic carbocycles. The van der Waals surface area contributed by atoms with Crippen molar-refractivity contribution in [1.82, 2.24) is 14.9 Å². The van der Waals surface area contributed by atoms with Crippen LogP contribution in [0, 0.1) is 5.41 Å². The zero-order valence-electron chi connectivity index (χ0n) is 14.7. The van der Waals surface area contributed by atoms with E-state index in [1.165, 1.54) is 0 Å². The Labute approximate surface area is 152 Å². The van der Waals surface area contributed by atoms with Gasteiger partial charge in [-0.25, -0.2) is 4.98 Å². The maximum atomic E-state index is 11.1. The topological polar surface area (TPSA) is 76.0 Å². The lowest BCUT2D eigenvalue weighted by Gasteiger charge is -2.27. The average Bonchev–Trinajstić information content (AvgIpc) is 3.18. The summed E-state index contributed by atoms with van der Waals surface area (Å²) < 4.78 is 0. The summed E-state index contributed by atoms with van der Waals surface area (Å²) in [5.41, 5.74) is 3.21. The molecule has 5 heteroatoms. The predicted molar refractivity (Wildman–Crippen MR) is 104 cm³/mol. The Morgan fingerprint density at radius 2 is 1.85 bits per heavy atom. The van der Waals surface area contributed by atoms with Gasteiger partial charge in [-0.1, -0.05) is 55.8 Å². The molecule has 1 atom stereocenters. The van der Waals surface area contributed by atoms with Crippen molar-refractivity contribution < 1.29 is 5.11 Å². The van der Waals surface area contributed by atoms with Gasteiger partial charge in [0.1, 0.15) is 23.5 Å². The summed E-state index contributed by atoms with van der Waals surface area (Å²) in [6.45, 7) is 2.85. The number of aliphatic hydroxyl groups excluding tert-OH is 1. The van der Waals surface area contributed by atoms with Crippen molar-refractivity contribution in [3.8, 4) is 0 Å². The maximum absolute atomic E-state index is 11.1. The van der Waals surface area contributed by atoms with E-state index in [4.69, 9.17) is 5.41 Å². The van der Waals surface area contributed by atoms with Gasteiger partial charge >= 0.3 is 0 Å². The minimum atomic E-state index is -0.335. The van der Waals surface area contributed by atoms with Crippen molar-refractivity contribution in [2.24, 2.45) is 0 Å². The van der Waals surface area contributed by atoms with Crippen LogP contribution in [0.5, 0.6) is 0 Å².